The molecule has 1 amide bonds. The van der Waals surface area contributed by atoms with E-state index < -0.39 is 33.6 Å². The molecule has 0 saturated carbocycles. The maximum absolute atomic E-state index is 14.1. The molecule has 1 saturated heterocycles. The largest absolute Gasteiger partial charge is 0.444 e. The fourth-order valence-corrected chi connectivity index (χ4v) is 5.11. The second kappa shape index (κ2) is 8.22. The number of hydrogen-bond donors (Lipinski definition) is 1. The first-order chi connectivity index (χ1) is 12.0. The molecular formula is C17H24BrFN2O4S. The second-order valence-corrected chi connectivity index (χ2v) is 10.00. The molecule has 2 rings (SSSR count). The number of hydrogen-bond acceptors (Lipinski definition) is 4. The van der Waals surface area contributed by atoms with Crippen LogP contribution in [0.4, 0.5) is 9.18 Å². The van der Waals surface area contributed by atoms with Gasteiger partial charge in [0.25, 0.3) is 0 Å². The molecule has 1 aromatic carbocycles. The van der Waals surface area contributed by atoms with Crippen molar-refractivity contribution in [2.75, 3.05) is 13.1 Å². The normalized spacial score (nSPS) is 19.2. The smallest absolute Gasteiger partial charge is 0.407 e. The summed E-state index contributed by atoms with van der Waals surface area (Å²) >= 11 is 3.18. The number of nitrogens with one attached hydrogen (secondary N) is 1. The lowest BCUT2D eigenvalue weighted by molar-refractivity contribution is 0.0512. The highest BCUT2D eigenvalue weighted by Crippen LogP contribution is 2.28. The van der Waals surface area contributed by atoms with Gasteiger partial charge >= 0.3 is 6.09 Å². The minimum Gasteiger partial charge on any atom is -0.444 e. The maximum atomic E-state index is 14.1. The van der Waals surface area contributed by atoms with Crippen LogP contribution in [0.25, 0.3) is 0 Å². The van der Waals surface area contributed by atoms with Crippen LogP contribution in [-0.2, 0) is 14.8 Å². The van der Waals surface area contributed by atoms with Crippen LogP contribution in [0.3, 0.4) is 0 Å². The first kappa shape index (κ1) is 21.1. The zero-order valence-electron chi connectivity index (χ0n) is 15.1. The summed E-state index contributed by atoms with van der Waals surface area (Å²) in [5, 5.41) is 2.62. The van der Waals surface area contributed by atoms with Crippen molar-refractivity contribution < 1.29 is 22.3 Å². The molecule has 1 fully saturated rings. The number of benzene rings is 1. The number of carbonyl (C=O) groups is 1. The van der Waals surface area contributed by atoms with Crippen LogP contribution in [0.15, 0.2) is 27.6 Å². The van der Waals surface area contributed by atoms with E-state index in [0.717, 1.165) is 12.5 Å². The molecule has 0 bridgehead atoms. The van der Waals surface area contributed by atoms with Gasteiger partial charge in [0, 0.05) is 23.6 Å². The third kappa shape index (κ3) is 5.40. The van der Waals surface area contributed by atoms with E-state index in [0.29, 0.717) is 17.3 Å². The summed E-state index contributed by atoms with van der Waals surface area (Å²) in [5.74, 6) is -0.794. The van der Waals surface area contributed by atoms with Gasteiger partial charge in [-0.2, -0.15) is 4.31 Å². The molecule has 1 unspecified atom stereocenters. The van der Waals surface area contributed by atoms with E-state index in [2.05, 4.69) is 21.2 Å². The van der Waals surface area contributed by atoms with Crippen LogP contribution in [-0.4, -0.2) is 43.5 Å². The van der Waals surface area contributed by atoms with E-state index in [1.54, 1.807) is 20.8 Å². The number of amides is 1. The van der Waals surface area contributed by atoms with Gasteiger partial charge in [-0.25, -0.2) is 17.6 Å². The van der Waals surface area contributed by atoms with E-state index >= 15 is 0 Å². The van der Waals surface area contributed by atoms with E-state index in [4.69, 9.17) is 4.74 Å². The quantitative estimate of drug-likeness (QED) is 0.759. The Kier molecular flexibility index (Phi) is 6.68. The Morgan fingerprint density at radius 1 is 1.38 bits per heavy atom. The zero-order chi connectivity index (χ0) is 19.5. The maximum Gasteiger partial charge on any atom is 0.407 e. The van der Waals surface area contributed by atoms with Crippen molar-refractivity contribution in [3.8, 4) is 0 Å². The standard InChI is InChI=1S/C17H24BrFN2O4S/c1-17(2,3)25-16(22)20-11-13-6-4-5-9-21(13)26(23,24)15-10-12(18)7-8-14(15)19/h7-8,10,13H,4-6,9,11H2,1-3H3,(H,20,22). The van der Waals surface area contributed by atoms with Gasteiger partial charge in [-0.15, -0.1) is 0 Å². The molecule has 1 atom stereocenters. The number of carbonyl (C=O) groups excluding carboxylic acids is 1. The minimum absolute atomic E-state index is 0.115. The Hall–Kier alpha value is -1.19. The molecule has 1 heterocycles. The number of piperidine rings is 1. The molecule has 6 nitrogen and oxygen atoms in total. The summed E-state index contributed by atoms with van der Waals surface area (Å²) in [7, 11) is -4.01. The summed E-state index contributed by atoms with van der Waals surface area (Å²) in [4.78, 5) is 11.5. The number of alkyl carbamates (subject to hydrolysis) is 1. The Bertz CT molecular complexity index is 765. The van der Waals surface area contributed by atoms with E-state index in [9.17, 15) is 17.6 Å². The summed E-state index contributed by atoms with van der Waals surface area (Å²) in [6, 6.07) is 3.39. The Morgan fingerprint density at radius 2 is 2.08 bits per heavy atom. The number of halogens is 2. The summed E-state index contributed by atoms with van der Waals surface area (Å²) < 4.78 is 47.0. The van der Waals surface area contributed by atoms with Gasteiger partial charge in [-0.05, 0) is 51.8 Å². The van der Waals surface area contributed by atoms with Crippen molar-refractivity contribution in [2.24, 2.45) is 0 Å². The van der Waals surface area contributed by atoms with Crippen molar-refractivity contribution >= 4 is 32.0 Å². The second-order valence-electron chi connectivity index (χ2n) is 7.22. The third-order valence-corrected chi connectivity index (χ3v) is 6.39. The van der Waals surface area contributed by atoms with Crippen LogP contribution in [0.1, 0.15) is 40.0 Å². The highest BCUT2D eigenvalue weighted by molar-refractivity contribution is 9.10. The number of ether oxygens (including phenoxy) is 1. The SMILES string of the molecule is CC(C)(C)OC(=O)NCC1CCCCN1S(=O)(=O)c1cc(Br)ccc1F. The fraction of sp³-hybridized carbons (Fsp3) is 0.588. The predicted octanol–water partition coefficient (Wildman–Crippen LogP) is 3.66. The van der Waals surface area contributed by atoms with Crippen molar-refractivity contribution in [1.82, 2.24) is 9.62 Å². The zero-order valence-corrected chi connectivity index (χ0v) is 17.5. The van der Waals surface area contributed by atoms with Crippen molar-refractivity contribution in [2.45, 2.75) is 56.6 Å². The molecule has 26 heavy (non-hydrogen) atoms. The van der Waals surface area contributed by atoms with E-state index in [1.165, 1.54) is 16.4 Å². The lowest BCUT2D eigenvalue weighted by atomic mass is 10.1. The van der Waals surface area contributed by atoms with Crippen LogP contribution in [0.2, 0.25) is 0 Å². The minimum atomic E-state index is -4.01. The number of rotatable bonds is 4. The average molecular weight is 451 g/mol. The molecule has 0 aromatic heterocycles. The van der Waals surface area contributed by atoms with Gasteiger partial charge in [-0.1, -0.05) is 22.4 Å². The Morgan fingerprint density at radius 3 is 2.73 bits per heavy atom. The van der Waals surface area contributed by atoms with Crippen LogP contribution in [0, 0.1) is 5.82 Å². The predicted molar refractivity (Wildman–Crippen MR) is 99.9 cm³/mol. The average Bonchev–Trinajstić information content (AvgIpc) is 2.53. The molecule has 146 valence electrons. The van der Waals surface area contributed by atoms with Crippen LogP contribution >= 0.6 is 15.9 Å². The van der Waals surface area contributed by atoms with E-state index in [1.807, 2.05) is 0 Å². The van der Waals surface area contributed by atoms with Gasteiger partial charge in [0.2, 0.25) is 10.0 Å². The molecule has 1 N–H and O–H groups in total. The Balaban J connectivity index is 2.17. The van der Waals surface area contributed by atoms with Crippen molar-refractivity contribution in [3.63, 3.8) is 0 Å². The van der Waals surface area contributed by atoms with Gasteiger partial charge in [0.15, 0.2) is 0 Å². The summed E-state index contributed by atoms with van der Waals surface area (Å²) in [6.45, 7) is 5.65. The topological polar surface area (TPSA) is 75.7 Å². The fourth-order valence-electron chi connectivity index (χ4n) is 2.81. The highest BCUT2D eigenvalue weighted by atomic mass is 79.9. The lowest BCUT2D eigenvalue weighted by Gasteiger charge is -2.35. The van der Waals surface area contributed by atoms with Crippen LogP contribution in [0.5, 0.6) is 0 Å². The van der Waals surface area contributed by atoms with E-state index in [-0.39, 0.29) is 18.0 Å². The molecular weight excluding hydrogens is 427 g/mol. The first-order valence-electron chi connectivity index (χ1n) is 8.44. The van der Waals surface area contributed by atoms with Gasteiger partial charge in [0.05, 0.1) is 0 Å². The van der Waals surface area contributed by atoms with Crippen LogP contribution < -0.4 is 5.32 Å². The molecule has 9 heteroatoms. The molecule has 1 aliphatic heterocycles. The molecule has 1 aliphatic rings. The number of sulfonamides is 1. The van der Waals surface area contributed by atoms with Gasteiger partial charge in [-0.3, -0.25) is 0 Å². The highest BCUT2D eigenvalue weighted by Gasteiger charge is 2.35. The molecule has 0 aliphatic carbocycles. The van der Waals surface area contributed by atoms with Crippen molar-refractivity contribution in [3.05, 3.63) is 28.5 Å². The first-order valence-corrected chi connectivity index (χ1v) is 10.7. The van der Waals surface area contributed by atoms with Gasteiger partial charge in [0.1, 0.15) is 16.3 Å². The summed E-state index contributed by atoms with van der Waals surface area (Å²) in [6.07, 6.45) is 1.52. The lowest BCUT2D eigenvalue weighted by Crippen LogP contribution is -2.50. The van der Waals surface area contributed by atoms with Gasteiger partial charge < -0.3 is 10.1 Å². The molecule has 0 radical (unpaired) electrons. The summed E-state index contributed by atoms with van der Waals surface area (Å²) in [5.41, 5.74) is -0.637. The monoisotopic (exact) mass is 450 g/mol. The Labute approximate surface area is 162 Å². The molecule has 0 spiro atoms. The third-order valence-electron chi connectivity index (χ3n) is 3.93. The number of nitrogens with zero attached hydrogens (tertiary/aromatic N) is 1. The van der Waals surface area contributed by atoms with Crippen molar-refractivity contribution in [1.29, 1.82) is 0 Å². The molecule has 1 aromatic rings.